The smallest absolute Gasteiger partial charge is 0.405 e. The standard InChI is InChI=1S/C15H13F3N4O2/c1-9-8-22(24-21-9)13-7-6-11(14(19)20-13)10-4-2-3-5-12(10)23-15(16,17)18/h2-7H,8H2,1H3,(H2,19,20). The largest absolute Gasteiger partial charge is 0.573 e. The van der Waals surface area contributed by atoms with Crippen molar-refractivity contribution in [1.82, 2.24) is 4.98 Å². The molecule has 6 nitrogen and oxygen atoms in total. The number of nitrogens with two attached hydrogens (primary N) is 1. The number of oxime groups is 1. The van der Waals surface area contributed by atoms with E-state index in [2.05, 4.69) is 14.9 Å². The highest BCUT2D eigenvalue weighted by molar-refractivity contribution is 5.87. The first kappa shape index (κ1) is 15.9. The summed E-state index contributed by atoms with van der Waals surface area (Å²) in [6, 6.07) is 8.88. The number of alkyl halides is 3. The molecule has 2 N–H and O–H groups in total. The number of hydroxylamine groups is 1. The van der Waals surface area contributed by atoms with Gasteiger partial charge in [-0.15, -0.1) is 13.2 Å². The van der Waals surface area contributed by atoms with Crippen molar-refractivity contribution < 1.29 is 22.8 Å². The predicted molar refractivity (Wildman–Crippen MR) is 82.3 cm³/mol. The fraction of sp³-hybridized carbons (Fsp3) is 0.200. The van der Waals surface area contributed by atoms with E-state index in [1.807, 2.05) is 0 Å². The van der Waals surface area contributed by atoms with Crippen molar-refractivity contribution in [2.75, 3.05) is 17.3 Å². The minimum atomic E-state index is -4.80. The second-order valence-electron chi connectivity index (χ2n) is 5.09. The number of hydrogen-bond acceptors (Lipinski definition) is 6. The Morgan fingerprint density at radius 3 is 2.54 bits per heavy atom. The lowest BCUT2D eigenvalue weighted by atomic mass is 10.1. The molecule has 24 heavy (non-hydrogen) atoms. The average molecular weight is 338 g/mol. The first-order valence-electron chi connectivity index (χ1n) is 6.93. The lowest BCUT2D eigenvalue weighted by Gasteiger charge is -2.16. The molecule has 0 unspecified atom stereocenters. The summed E-state index contributed by atoms with van der Waals surface area (Å²) in [5.41, 5.74) is 7.21. The Balaban J connectivity index is 1.93. The van der Waals surface area contributed by atoms with E-state index in [1.165, 1.54) is 23.3 Å². The van der Waals surface area contributed by atoms with Crippen molar-refractivity contribution in [2.45, 2.75) is 13.3 Å². The van der Waals surface area contributed by atoms with Crippen LogP contribution < -0.4 is 15.5 Å². The number of ether oxygens (including phenoxy) is 1. The molecule has 0 atom stereocenters. The van der Waals surface area contributed by atoms with Gasteiger partial charge in [0.2, 0.25) is 0 Å². The third kappa shape index (κ3) is 3.34. The Morgan fingerprint density at radius 1 is 1.17 bits per heavy atom. The molecule has 0 aliphatic carbocycles. The highest BCUT2D eigenvalue weighted by Crippen LogP contribution is 2.36. The second kappa shape index (κ2) is 5.91. The number of benzene rings is 1. The maximum absolute atomic E-state index is 12.5. The quantitative estimate of drug-likeness (QED) is 0.929. The number of halogens is 3. The van der Waals surface area contributed by atoms with Crippen molar-refractivity contribution in [3.8, 4) is 16.9 Å². The van der Waals surface area contributed by atoms with Crippen LogP contribution >= 0.6 is 0 Å². The zero-order chi connectivity index (χ0) is 17.3. The fourth-order valence-electron chi connectivity index (χ4n) is 2.24. The van der Waals surface area contributed by atoms with Crippen molar-refractivity contribution in [3.63, 3.8) is 0 Å². The minimum Gasteiger partial charge on any atom is -0.405 e. The monoisotopic (exact) mass is 338 g/mol. The zero-order valence-electron chi connectivity index (χ0n) is 12.5. The molecule has 0 fully saturated rings. The maximum atomic E-state index is 12.5. The lowest BCUT2D eigenvalue weighted by Crippen LogP contribution is -2.21. The first-order chi connectivity index (χ1) is 11.3. The normalized spacial score (nSPS) is 14.3. The van der Waals surface area contributed by atoms with Crippen LogP contribution in [0, 0.1) is 0 Å². The molecule has 2 heterocycles. The Morgan fingerprint density at radius 2 is 1.92 bits per heavy atom. The zero-order valence-corrected chi connectivity index (χ0v) is 12.5. The van der Waals surface area contributed by atoms with Crippen LogP contribution in [0.3, 0.4) is 0 Å². The lowest BCUT2D eigenvalue weighted by molar-refractivity contribution is -0.274. The Kier molecular flexibility index (Phi) is 3.92. The summed E-state index contributed by atoms with van der Waals surface area (Å²) in [5, 5.41) is 5.20. The third-order valence-corrected chi connectivity index (χ3v) is 3.24. The summed E-state index contributed by atoms with van der Waals surface area (Å²) in [7, 11) is 0. The van der Waals surface area contributed by atoms with Crippen molar-refractivity contribution in [2.24, 2.45) is 5.16 Å². The van der Waals surface area contributed by atoms with Crippen LogP contribution in [-0.2, 0) is 4.94 Å². The van der Waals surface area contributed by atoms with Gasteiger partial charge in [0.1, 0.15) is 18.1 Å². The van der Waals surface area contributed by atoms with E-state index in [0.29, 0.717) is 17.9 Å². The van der Waals surface area contributed by atoms with E-state index in [4.69, 9.17) is 10.7 Å². The van der Waals surface area contributed by atoms with Gasteiger partial charge in [-0.25, -0.2) is 4.98 Å². The molecule has 1 aliphatic rings. The molecule has 1 aromatic carbocycles. The van der Waals surface area contributed by atoms with Crippen LogP contribution in [0.2, 0.25) is 0 Å². The van der Waals surface area contributed by atoms with E-state index in [1.54, 1.807) is 25.1 Å². The van der Waals surface area contributed by atoms with E-state index in [-0.39, 0.29) is 17.1 Å². The van der Waals surface area contributed by atoms with Gasteiger partial charge < -0.3 is 10.5 Å². The molecule has 9 heteroatoms. The molecular formula is C15H13F3N4O2. The van der Waals surface area contributed by atoms with Gasteiger partial charge in [-0.2, -0.15) is 5.06 Å². The summed E-state index contributed by atoms with van der Waals surface area (Å²) in [6.45, 7) is 2.22. The Hall–Kier alpha value is -2.97. The maximum Gasteiger partial charge on any atom is 0.573 e. The summed E-state index contributed by atoms with van der Waals surface area (Å²) < 4.78 is 41.7. The van der Waals surface area contributed by atoms with E-state index >= 15 is 0 Å². The number of nitrogen functional groups attached to an aromatic ring is 1. The molecule has 2 aromatic rings. The van der Waals surface area contributed by atoms with E-state index in [9.17, 15) is 13.2 Å². The van der Waals surface area contributed by atoms with Gasteiger partial charge in [-0.05, 0) is 25.1 Å². The number of hydrogen-bond donors (Lipinski definition) is 1. The SMILES string of the molecule is CC1=NON(c2ccc(-c3ccccc3OC(F)(F)F)c(N)n2)C1. The van der Waals surface area contributed by atoms with Crippen molar-refractivity contribution in [3.05, 3.63) is 36.4 Å². The molecule has 0 spiro atoms. The van der Waals surface area contributed by atoms with Crippen LogP contribution in [0.1, 0.15) is 6.92 Å². The number of pyridine rings is 1. The van der Waals surface area contributed by atoms with Gasteiger partial charge in [0, 0.05) is 11.1 Å². The molecular weight excluding hydrogens is 325 g/mol. The van der Waals surface area contributed by atoms with Crippen LogP contribution in [0.5, 0.6) is 5.75 Å². The number of rotatable bonds is 3. The Bertz CT molecular complexity index is 793. The number of para-hydroxylation sites is 1. The molecule has 0 saturated heterocycles. The summed E-state index contributed by atoms with van der Waals surface area (Å²) in [6.07, 6.45) is -4.80. The summed E-state index contributed by atoms with van der Waals surface area (Å²) in [5.74, 6) is 0.118. The molecule has 0 amide bonds. The molecule has 1 aliphatic heterocycles. The third-order valence-electron chi connectivity index (χ3n) is 3.24. The van der Waals surface area contributed by atoms with Gasteiger partial charge in [0.05, 0.1) is 5.71 Å². The summed E-state index contributed by atoms with van der Waals surface area (Å²) in [4.78, 5) is 9.24. The van der Waals surface area contributed by atoms with Crippen LogP contribution in [-0.4, -0.2) is 23.6 Å². The average Bonchev–Trinajstić information content (AvgIpc) is 2.93. The second-order valence-corrected chi connectivity index (χ2v) is 5.09. The van der Waals surface area contributed by atoms with Crippen molar-refractivity contribution >= 4 is 17.3 Å². The fourth-order valence-corrected chi connectivity index (χ4v) is 2.24. The van der Waals surface area contributed by atoms with Gasteiger partial charge in [0.15, 0.2) is 5.82 Å². The first-order valence-corrected chi connectivity index (χ1v) is 6.93. The molecule has 1 aromatic heterocycles. The molecule has 126 valence electrons. The van der Waals surface area contributed by atoms with Crippen molar-refractivity contribution in [1.29, 1.82) is 0 Å². The van der Waals surface area contributed by atoms with Crippen LogP contribution in [0.4, 0.5) is 24.8 Å². The molecule has 3 rings (SSSR count). The van der Waals surface area contributed by atoms with Gasteiger partial charge in [-0.1, -0.05) is 23.4 Å². The number of anilines is 2. The highest BCUT2D eigenvalue weighted by atomic mass is 19.4. The van der Waals surface area contributed by atoms with Crippen LogP contribution in [0.25, 0.3) is 11.1 Å². The highest BCUT2D eigenvalue weighted by Gasteiger charge is 2.32. The molecule has 0 radical (unpaired) electrons. The van der Waals surface area contributed by atoms with Gasteiger partial charge in [0.25, 0.3) is 0 Å². The summed E-state index contributed by atoms with van der Waals surface area (Å²) >= 11 is 0. The predicted octanol–water partition coefficient (Wildman–Crippen LogP) is 3.36. The topological polar surface area (TPSA) is 73.0 Å². The minimum absolute atomic E-state index is 0.0545. The van der Waals surface area contributed by atoms with E-state index < -0.39 is 6.36 Å². The molecule has 0 saturated carbocycles. The van der Waals surface area contributed by atoms with E-state index in [0.717, 1.165) is 5.71 Å². The Labute approximate surface area is 135 Å². The van der Waals surface area contributed by atoms with Gasteiger partial charge >= 0.3 is 6.36 Å². The number of nitrogens with zero attached hydrogens (tertiary/aromatic N) is 3. The number of aromatic nitrogens is 1. The van der Waals surface area contributed by atoms with Gasteiger partial charge in [-0.3, -0.25) is 4.94 Å². The van der Waals surface area contributed by atoms with Crippen LogP contribution in [0.15, 0.2) is 41.6 Å². The molecule has 0 bridgehead atoms.